The molecule has 0 bridgehead atoms. The molecule has 3 nitrogen and oxygen atoms in total. The van der Waals surface area contributed by atoms with Gasteiger partial charge in [-0.3, -0.25) is 9.79 Å². The Morgan fingerprint density at radius 1 is 1.11 bits per heavy atom. The minimum atomic E-state index is -4.44. The fraction of sp³-hybridized carbons (Fsp3) is 0.200. The molecule has 142 valence electrons. The lowest BCUT2D eigenvalue weighted by atomic mass is 10.00. The number of thioether (sulfide) groups is 1. The molecule has 0 unspecified atom stereocenters. The van der Waals surface area contributed by atoms with Crippen molar-refractivity contribution in [3.8, 4) is 11.1 Å². The summed E-state index contributed by atoms with van der Waals surface area (Å²) in [5.41, 5.74) is 1.19. The molecule has 2 aromatic rings. The quantitative estimate of drug-likeness (QED) is 0.588. The number of hydrogen-bond donors (Lipinski definition) is 1. The predicted molar refractivity (Wildman–Crippen MR) is 104 cm³/mol. The van der Waals surface area contributed by atoms with Crippen LogP contribution in [-0.4, -0.2) is 22.5 Å². The van der Waals surface area contributed by atoms with E-state index in [1.807, 2.05) is 0 Å². The zero-order valence-corrected chi connectivity index (χ0v) is 15.6. The Morgan fingerprint density at radius 3 is 2.30 bits per heavy atom. The third kappa shape index (κ3) is 4.80. The van der Waals surface area contributed by atoms with Crippen LogP contribution in [0.5, 0.6) is 0 Å². The van der Waals surface area contributed by atoms with Gasteiger partial charge in [0.15, 0.2) is 0 Å². The highest BCUT2D eigenvalue weighted by Gasteiger charge is 2.31. The van der Waals surface area contributed by atoms with Crippen LogP contribution in [0.25, 0.3) is 16.0 Å². The van der Waals surface area contributed by atoms with Gasteiger partial charge in [-0.2, -0.15) is 13.2 Å². The highest BCUT2D eigenvalue weighted by atomic mass is 32.2. The van der Waals surface area contributed by atoms with E-state index in [1.165, 1.54) is 6.07 Å². The third-order valence-electron chi connectivity index (χ3n) is 3.88. The van der Waals surface area contributed by atoms with Crippen LogP contribution in [0.3, 0.4) is 0 Å². The molecule has 0 fully saturated rings. The van der Waals surface area contributed by atoms with Crippen LogP contribution in [0.1, 0.15) is 25.0 Å². The molecule has 0 heterocycles. The number of benzene rings is 2. The van der Waals surface area contributed by atoms with Gasteiger partial charge in [0.2, 0.25) is 0 Å². The summed E-state index contributed by atoms with van der Waals surface area (Å²) in [5, 5.41) is 9.30. The number of aliphatic imine (C=N–C) groups is 1. The van der Waals surface area contributed by atoms with Crippen LogP contribution in [0.2, 0.25) is 0 Å². The summed E-state index contributed by atoms with van der Waals surface area (Å²) < 4.78 is 37.8. The summed E-state index contributed by atoms with van der Waals surface area (Å²) in [6.07, 6.45) is -4.44. The van der Waals surface area contributed by atoms with E-state index < -0.39 is 22.5 Å². The van der Waals surface area contributed by atoms with Crippen molar-refractivity contribution < 1.29 is 23.1 Å². The summed E-state index contributed by atoms with van der Waals surface area (Å²) in [5.74, 6) is -1.00. The second kappa shape index (κ2) is 7.60. The molecule has 0 spiro atoms. The van der Waals surface area contributed by atoms with Crippen LogP contribution in [-0.2, 0) is 11.0 Å². The van der Waals surface area contributed by atoms with Gasteiger partial charge in [-0.15, -0.1) is 11.8 Å². The topological polar surface area (TPSA) is 49.7 Å². The number of carboxylic acids is 1. The fourth-order valence-corrected chi connectivity index (χ4v) is 3.34. The molecule has 2 rings (SSSR count). The minimum absolute atomic E-state index is 0.386. The maximum Gasteiger partial charge on any atom is 0.416 e. The van der Waals surface area contributed by atoms with Crippen molar-refractivity contribution in [2.24, 2.45) is 4.99 Å². The van der Waals surface area contributed by atoms with Crippen LogP contribution in [0, 0.1) is 0 Å². The molecule has 0 saturated carbocycles. The fourth-order valence-electron chi connectivity index (χ4n) is 2.36. The monoisotopic (exact) mass is 393 g/mol. The number of halogens is 3. The Labute approximate surface area is 159 Å². The maximum absolute atomic E-state index is 13.0. The molecule has 0 aliphatic carbocycles. The van der Waals surface area contributed by atoms with Crippen LogP contribution in [0.15, 0.2) is 54.0 Å². The third-order valence-corrected chi connectivity index (χ3v) is 5.04. The van der Waals surface area contributed by atoms with E-state index in [1.54, 1.807) is 38.1 Å². The van der Waals surface area contributed by atoms with Gasteiger partial charge in [-0.1, -0.05) is 24.8 Å². The average molecular weight is 393 g/mol. The van der Waals surface area contributed by atoms with E-state index in [-0.39, 0.29) is 0 Å². The average Bonchev–Trinajstić information content (AvgIpc) is 2.60. The molecule has 0 atom stereocenters. The van der Waals surface area contributed by atoms with Gasteiger partial charge in [-0.05, 0) is 56.0 Å². The van der Waals surface area contributed by atoms with E-state index >= 15 is 0 Å². The molecule has 0 saturated heterocycles. The molecule has 7 heteroatoms. The van der Waals surface area contributed by atoms with Gasteiger partial charge < -0.3 is 5.11 Å². The van der Waals surface area contributed by atoms with Crippen molar-refractivity contribution in [1.82, 2.24) is 0 Å². The summed E-state index contributed by atoms with van der Waals surface area (Å²) in [6, 6.07) is 9.90. The normalized spacial score (nSPS) is 11.9. The van der Waals surface area contributed by atoms with E-state index in [0.29, 0.717) is 27.3 Å². The molecule has 0 amide bonds. The Morgan fingerprint density at radius 2 is 1.74 bits per heavy atom. The van der Waals surface area contributed by atoms with Gasteiger partial charge in [0.05, 0.1) is 11.3 Å². The zero-order chi connectivity index (χ0) is 20.4. The predicted octanol–water partition coefficient (Wildman–Crippen LogP) is 6.27. The molecule has 0 aliphatic heterocycles. The smallest absolute Gasteiger partial charge is 0.416 e. The Hall–Kier alpha value is -2.54. The first-order valence-electron chi connectivity index (χ1n) is 7.86. The molecule has 27 heavy (non-hydrogen) atoms. The number of carbonyl (C=O) groups is 1. The van der Waals surface area contributed by atoms with E-state index in [2.05, 4.69) is 18.3 Å². The molecule has 0 radical (unpaired) electrons. The van der Waals surface area contributed by atoms with Crippen molar-refractivity contribution in [2.45, 2.75) is 24.8 Å². The Balaban J connectivity index is 2.48. The lowest BCUT2D eigenvalue weighted by Crippen LogP contribution is -2.26. The van der Waals surface area contributed by atoms with Gasteiger partial charge in [-0.25, -0.2) is 0 Å². The van der Waals surface area contributed by atoms with Crippen LogP contribution < -0.4 is 0 Å². The number of alkyl halides is 3. The summed E-state index contributed by atoms with van der Waals surface area (Å²) >= 11 is 1.04. The number of carboxylic acid groups (broad SMARTS) is 1. The summed E-state index contributed by atoms with van der Waals surface area (Å²) in [7, 11) is 0. The van der Waals surface area contributed by atoms with Crippen molar-refractivity contribution >= 4 is 35.0 Å². The van der Waals surface area contributed by atoms with E-state index in [9.17, 15) is 23.1 Å². The first kappa shape index (κ1) is 20.8. The highest BCUT2D eigenvalue weighted by Crippen LogP contribution is 2.42. The van der Waals surface area contributed by atoms with Gasteiger partial charge in [0, 0.05) is 10.5 Å². The molecular formula is C20H18F3NO2S. The number of rotatable bonds is 6. The van der Waals surface area contributed by atoms with Crippen molar-refractivity contribution in [3.05, 3.63) is 60.2 Å². The van der Waals surface area contributed by atoms with Crippen molar-refractivity contribution in [3.63, 3.8) is 0 Å². The standard InChI is InChI=1S/C20H18F3NO2S/c1-12(27-19(2,3)18(25)26)16-11-14(8-9-17(16)24-4)13-6-5-7-15(10-13)20(21,22)23/h5-11H,1,4H2,2-3H3,(H,25,26). The lowest BCUT2D eigenvalue weighted by Gasteiger charge is -2.21. The second-order valence-electron chi connectivity index (χ2n) is 6.31. The number of hydrogen-bond acceptors (Lipinski definition) is 3. The van der Waals surface area contributed by atoms with Crippen molar-refractivity contribution in [2.75, 3.05) is 0 Å². The molecule has 0 aliphatic rings. The van der Waals surface area contributed by atoms with Crippen LogP contribution in [0.4, 0.5) is 18.9 Å². The highest BCUT2D eigenvalue weighted by molar-refractivity contribution is 8.10. The molecule has 0 aromatic heterocycles. The minimum Gasteiger partial charge on any atom is -0.480 e. The first-order chi connectivity index (χ1) is 12.5. The second-order valence-corrected chi connectivity index (χ2v) is 8.03. The van der Waals surface area contributed by atoms with E-state index in [4.69, 9.17) is 0 Å². The van der Waals surface area contributed by atoms with Gasteiger partial charge in [0.1, 0.15) is 4.75 Å². The maximum atomic E-state index is 13.0. The Kier molecular flexibility index (Phi) is 5.85. The largest absolute Gasteiger partial charge is 0.480 e. The number of nitrogens with zero attached hydrogens (tertiary/aromatic N) is 1. The van der Waals surface area contributed by atoms with Crippen molar-refractivity contribution in [1.29, 1.82) is 0 Å². The van der Waals surface area contributed by atoms with E-state index in [0.717, 1.165) is 23.9 Å². The van der Waals surface area contributed by atoms with Crippen LogP contribution >= 0.6 is 11.8 Å². The summed E-state index contributed by atoms with van der Waals surface area (Å²) in [6.45, 7) is 10.5. The molecular weight excluding hydrogens is 375 g/mol. The SMILES string of the molecule is C=Nc1ccc(-c2cccc(C(F)(F)F)c2)cc1C(=C)SC(C)(C)C(=O)O. The number of aliphatic carboxylic acids is 1. The Bertz CT molecular complexity index is 904. The first-order valence-corrected chi connectivity index (χ1v) is 8.67. The molecule has 1 N–H and O–H groups in total. The lowest BCUT2D eigenvalue weighted by molar-refractivity contribution is -0.139. The zero-order valence-electron chi connectivity index (χ0n) is 14.8. The van der Waals surface area contributed by atoms with Gasteiger partial charge in [0.25, 0.3) is 0 Å². The molecule has 2 aromatic carbocycles. The van der Waals surface area contributed by atoms with Gasteiger partial charge >= 0.3 is 12.1 Å². The summed E-state index contributed by atoms with van der Waals surface area (Å²) in [4.78, 5) is 15.7.